The summed E-state index contributed by atoms with van der Waals surface area (Å²) in [6.45, 7) is 12.7. The van der Waals surface area contributed by atoms with Gasteiger partial charge < -0.3 is 9.97 Å². The quantitative estimate of drug-likeness (QED) is 0.761. The Morgan fingerprint density at radius 3 is 2.41 bits per heavy atom. The van der Waals surface area contributed by atoms with Gasteiger partial charge in [-0.05, 0) is 57.4 Å². The van der Waals surface area contributed by atoms with Crippen molar-refractivity contribution in [2.75, 3.05) is 6.54 Å². The first-order chi connectivity index (χ1) is 7.77. The van der Waals surface area contributed by atoms with Gasteiger partial charge in [0, 0.05) is 11.6 Å². The molecule has 0 spiro atoms. The zero-order chi connectivity index (χ0) is 13.1. The van der Waals surface area contributed by atoms with E-state index >= 15 is 0 Å². The first-order valence-corrected chi connectivity index (χ1v) is 7.05. The molecule has 0 amide bonds. The van der Waals surface area contributed by atoms with Crippen LogP contribution in [-0.2, 0) is 4.65 Å². The van der Waals surface area contributed by atoms with Crippen LogP contribution in [0.2, 0.25) is 0 Å². The van der Waals surface area contributed by atoms with E-state index in [1.165, 1.54) is 25.8 Å². The van der Waals surface area contributed by atoms with Gasteiger partial charge in [-0.3, -0.25) is 0 Å². The van der Waals surface area contributed by atoms with Crippen LogP contribution in [0.1, 0.15) is 60.3 Å². The predicted octanol–water partition coefficient (Wildman–Crippen LogP) is 2.52. The zero-order valence-electron chi connectivity index (χ0n) is 12.6. The van der Waals surface area contributed by atoms with Crippen molar-refractivity contribution < 1.29 is 4.65 Å². The van der Waals surface area contributed by atoms with Crippen molar-refractivity contribution in [1.82, 2.24) is 5.32 Å². The summed E-state index contributed by atoms with van der Waals surface area (Å²) >= 11 is 0. The maximum absolute atomic E-state index is 5.59. The Bertz CT molecular complexity index is 240. The van der Waals surface area contributed by atoms with Crippen LogP contribution in [0.25, 0.3) is 0 Å². The summed E-state index contributed by atoms with van der Waals surface area (Å²) in [6, 6.07) is 0.627. The van der Waals surface area contributed by atoms with Crippen LogP contribution in [-0.4, -0.2) is 26.2 Å². The average molecular weight is 239 g/mol. The molecule has 1 N–H and O–H groups in total. The summed E-state index contributed by atoms with van der Waals surface area (Å²) < 4.78 is 5.59. The van der Waals surface area contributed by atoms with Crippen LogP contribution in [0.4, 0.5) is 0 Å². The Hall–Kier alpha value is -0.0151. The molecule has 1 saturated heterocycles. The first kappa shape index (κ1) is 15.0. The molecule has 17 heavy (non-hydrogen) atoms. The van der Waals surface area contributed by atoms with Gasteiger partial charge in [0.05, 0.1) is 0 Å². The Kier molecular flexibility index (Phi) is 5.09. The van der Waals surface area contributed by atoms with Gasteiger partial charge in [0.1, 0.15) is 0 Å². The molecule has 3 heteroatoms. The van der Waals surface area contributed by atoms with Gasteiger partial charge in [0.15, 0.2) is 0 Å². The number of rotatable bonds is 4. The summed E-state index contributed by atoms with van der Waals surface area (Å²) in [7, 11) is 1.82. The van der Waals surface area contributed by atoms with Crippen molar-refractivity contribution >= 4 is 8.05 Å². The molecule has 0 radical (unpaired) electrons. The maximum atomic E-state index is 5.59. The van der Waals surface area contributed by atoms with E-state index in [1.807, 2.05) is 8.05 Å². The van der Waals surface area contributed by atoms with Crippen LogP contribution in [0.5, 0.6) is 0 Å². The lowest BCUT2D eigenvalue weighted by Gasteiger charge is -2.40. The Balaban J connectivity index is 2.62. The van der Waals surface area contributed by atoms with Crippen LogP contribution < -0.4 is 5.32 Å². The van der Waals surface area contributed by atoms with E-state index in [1.54, 1.807) is 0 Å². The molecular weight excluding hydrogens is 209 g/mol. The van der Waals surface area contributed by atoms with Crippen LogP contribution in [0.15, 0.2) is 0 Å². The Morgan fingerprint density at radius 1 is 1.18 bits per heavy atom. The van der Waals surface area contributed by atoms with Gasteiger partial charge in [-0.2, -0.15) is 0 Å². The van der Waals surface area contributed by atoms with Crippen LogP contribution >= 0.6 is 0 Å². The highest BCUT2D eigenvalue weighted by Gasteiger charge is 2.35. The highest BCUT2D eigenvalue weighted by atomic mass is 16.4. The van der Waals surface area contributed by atoms with Gasteiger partial charge in [-0.15, -0.1) is 0 Å². The SMILES string of the molecule is BOC(C)(C)CC(C)(C)C1CCC(C)CCN1. The van der Waals surface area contributed by atoms with Crippen molar-refractivity contribution in [2.24, 2.45) is 11.3 Å². The molecule has 0 aliphatic carbocycles. The maximum Gasteiger partial charge on any atom is 0.258 e. The van der Waals surface area contributed by atoms with Crippen LogP contribution in [0.3, 0.4) is 0 Å². The third-order valence-electron chi connectivity index (χ3n) is 4.35. The largest absolute Gasteiger partial charge is 0.439 e. The van der Waals surface area contributed by atoms with E-state index in [0.29, 0.717) is 11.5 Å². The predicted molar refractivity (Wildman–Crippen MR) is 76.9 cm³/mol. The molecule has 0 bridgehead atoms. The van der Waals surface area contributed by atoms with E-state index in [-0.39, 0.29) is 5.60 Å². The number of nitrogens with one attached hydrogen (secondary N) is 1. The van der Waals surface area contributed by atoms with Gasteiger partial charge >= 0.3 is 0 Å². The monoisotopic (exact) mass is 239 g/mol. The fourth-order valence-corrected chi connectivity index (χ4v) is 3.16. The third-order valence-corrected chi connectivity index (χ3v) is 4.35. The second-order valence-corrected chi connectivity index (χ2v) is 7.11. The average Bonchev–Trinajstić information content (AvgIpc) is 2.42. The molecule has 2 nitrogen and oxygen atoms in total. The molecule has 2 unspecified atom stereocenters. The summed E-state index contributed by atoms with van der Waals surface area (Å²) in [5.41, 5.74) is 0.271. The van der Waals surface area contributed by atoms with Crippen molar-refractivity contribution in [3.8, 4) is 0 Å². The molecule has 0 saturated carbocycles. The van der Waals surface area contributed by atoms with Gasteiger partial charge in [0.25, 0.3) is 8.05 Å². The highest BCUT2D eigenvalue weighted by Crippen LogP contribution is 2.36. The summed E-state index contributed by atoms with van der Waals surface area (Å²) in [6.07, 6.45) is 5.07. The molecule has 2 atom stereocenters. The van der Waals surface area contributed by atoms with Crippen LogP contribution in [0, 0.1) is 11.3 Å². The molecule has 1 rings (SSSR count). The minimum Gasteiger partial charge on any atom is -0.439 e. The molecule has 1 fully saturated rings. The molecule has 1 aliphatic rings. The fourth-order valence-electron chi connectivity index (χ4n) is 3.16. The van der Waals surface area contributed by atoms with E-state index in [9.17, 15) is 0 Å². The second kappa shape index (κ2) is 5.75. The molecular formula is C14H30BNO. The first-order valence-electron chi connectivity index (χ1n) is 7.05. The standard InChI is InChI=1S/C14H30BNO/c1-11-6-7-12(16-9-8-11)13(2,3)10-14(4,5)17-15/h11-12,16H,6-10,15H2,1-5H3. The lowest BCUT2D eigenvalue weighted by atomic mass is 9.74. The lowest BCUT2D eigenvalue weighted by molar-refractivity contribution is 0.0475. The smallest absolute Gasteiger partial charge is 0.258 e. The van der Waals surface area contributed by atoms with Crippen molar-refractivity contribution in [1.29, 1.82) is 0 Å². The molecule has 1 aliphatic heterocycles. The van der Waals surface area contributed by atoms with E-state index < -0.39 is 0 Å². The van der Waals surface area contributed by atoms with E-state index in [4.69, 9.17) is 4.65 Å². The minimum atomic E-state index is -0.0247. The second-order valence-electron chi connectivity index (χ2n) is 7.11. The normalized spacial score (nSPS) is 27.8. The lowest BCUT2D eigenvalue weighted by Crippen LogP contribution is -2.45. The van der Waals surface area contributed by atoms with Gasteiger partial charge in [0.2, 0.25) is 0 Å². The zero-order valence-corrected chi connectivity index (χ0v) is 12.6. The summed E-state index contributed by atoms with van der Waals surface area (Å²) in [4.78, 5) is 0. The number of hydrogen-bond acceptors (Lipinski definition) is 2. The van der Waals surface area contributed by atoms with Crippen molar-refractivity contribution in [3.05, 3.63) is 0 Å². The Morgan fingerprint density at radius 2 is 1.82 bits per heavy atom. The molecule has 1 heterocycles. The van der Waals surface area contributed by atoms with E-state index in [0.717, 1.165) is 12.3 Å². The van der Waals surface area contributed by atoms with Crippen molar-refractivity contribution in [2.45, 2.75) is 71.9 Å². The molecule has 0 aromatic carbocycles. The molecule has 0 aromatic heterocycles. The topological polar surface area (TPSA) is 21.3 Å². The third kappa shape index (κ3) is 4.63. The van der Waals surface area contributed by atoms with Crippen molar-refractivity contribution in [3.63, 3.8) is 0 Å². The molecule has 0 aromatic rings. The highest BCUT2D eigenvalue weighted by molar-refractivity contribution is 5.98. The number of hydrogen-bond donors (Lipinski definition) is 1. The molecule has 100 valence electrons. The summed E-state index contributed by atoms with van der Waals surface area (Å²) in [5, 5.41) is 3.74. The van der Waals surface area contributed by atoms with Gasteiger partial charge in [-0.25, -0.2) is 0 Å². The fraction of sp³-hybridized carbons (Fsp3) is 1.00. The van der Waals surface area contributed by atoms with E-state index in [2.05, 4.69) is 39.9 Å². The van der Waals surface area contributed by atoms with Gasteiger partial charge in [-0.1, -0.05) is 20.8 Å². The minimum absolute atomic E-state index is 0.0247. The Labute approximate surface area is 108 Å². The summed E-state index contributed by atoms with van der Waals surface area (Å²) in [5.74, 6) is 0.874.